The van der Waals surface area contributed by atoms with Crippen molar-refractivity contribution >= 4 is 23.7 Å². The van der Waals surface area contributed by atoms with E-state index in [9.17, 15) is 5.26 Å². The highest BCUT2D eigenvalue weighted by atomic mass is 35.5. The van der Waals surface area contributed by atoms with Gasteiger partial charge in [0.05, 0.1) is 30.1 Å². The second-order valence-electron chi connectivity index (χ2n) is 6.27. The molecule has 2 N–H and O–H groups in total. The Labute approximate surface area is 168 Å². The maximum absolute atomic E-state index is 9.43. The molecule has 1 aliphatic heterocycles. The van der Waals surface area contributed by atoms with E-state index in [0.717, 1.165) is 43.1 Å². The van der Waals surface area contributed by atoms with E-state index in [1.54, 1.807) is 10.7 Å². The Kier molecular flexibility index (Phi) is 6.31. The van der Waals surface area contributed by atoms with Gasteiger partial charge in [-0.15, -0.1) is 12.4 Å². The first-order chi connectivity index (χ1) is 13.3. The molecule has 3 aromatic rings. The van der Waals surface area contributed by atoms with Crippen LogP contribution in [0.15, 0.2) is 36.8 Å². The number of anilines is 1. The lowest BCUT2D eigenvalue weighted by Gasteiger charge is -2.28. The van der Waals surface area contributed by atoms with Gasteiger partial charge in [0, 0.05) is 43.5 Å². The molecule has 0 bridgehead atoms. The number of nitrogens with zero attached hydrogens (tertiary/aromatic N) is 5. The normalized spacial score (nSPS) is 13.8. The maximum atomic E-state index is 9.43. The molecule has 1 saturated heterocycles. The molecule has 146 valence electrons. The summed E-state index contributed by atoms with van der Waals surface area (Å²) in [6, 6.07) is 8.05. The van der Waals surface area contributed by atoms with Crippen molar-refractivity contribution in [1.82, 2.24) is 19.9 Å². The number of nitriles is 1. The van der Waals surface area contributed by atoms with Crippen LogP contribution in [0.3, 0.4) is 0 Å². The van der Waals surface area contributed by atoms with E-state index in [1.165, 1.54) is 6.20 Å². The third-order valence-corrected chi connectivity index (χ3v) is 4.57. The van der Waals surface area contributed by atoms with Gasteiger partial charge in [-0.05, 0) is 18.2 Å². The van der Waals surface area contributed by atoms with E-state index in [0.29, 0.717) is 16.8 Å². The molecule has 28 heavy (non-hydrogen) atoms. The molecule has 4 rings (SSSR count). The van der Waals surface area contributed by atoms with Crippen LogP contribution in [0.25, 0.3) is 16.6 Å². The lowest BCUT2D eigenvalue weighted by molar-refractivity contribution is 0.201. The molecule has 0 spiro atoms. The number of pyridine rings is 2. The van der Waals surface area contributed by atoms with Crippen LogP contribution in [0, 0.1) is 11.3 Å². The van der Waals surface area contributed by atoms with Crippen molar-refractivity contribution in [3.63, 3.8) is 0 Å². The maximum Gasteiger partial charge on any atom is 0.138 e. The van der Waals surface area contributed by atoms with Crippen molar-refractivity contribution in [3.05, 3.63) is 42.4 Å². The minimum atomic E-state index is -0.0726. The molecular weight excluding hydrogens is 380 g/mol. The van der Waals surface area contributed by atoms with E-state index < -0.39 is 0 Å². The second kappa shape index (κ2) is 8.89. The van der Waals surface area contributed by atoms with Crippen LogP contribution >= 0.6 is 12.4 Å². The molecule has 1 aliphatic rings. The molecule has 0 radical (unpaired) electrons. The number of rotatable bonds is 5. The number of hydrogen-bond acceptors (Lipinski definition) is 7. The molecular formula is C19H21ClN6O2. The zero-order valence-corrected chi connectivity index (χ0v) is 16.0. The highest BCUT2D eigenvalue weighted by Crippen LogP contribution is 2.31. The van der Waals surface area contributed by atoms with E-state index in [2.05, 4.69) is 26.4 Å². The molecule has 0 aromatic carbocycles. The van der Waals surface area contributed by atoms with Gasteiger partial charge in [0.1, 0.15) is 24.2 Å². The predicted octanol–water partition coefficient (Wildman–Crippen LogP) is 1.47. The molecule has 9 heteroatoms. The summed E-state index contributed by atoms with van der Waals surface area (Å²) in [5.74, 6) is 1.52. The zero-order chi connectivity index (χ0) is 18.6. The predicted molar refractivity (Wildman–Crippen MR) is 108 cm³/mol. The fraction of sp³-hybridized carbons (Fsp3) is 0.316. The topological polar surface area (TPSA) is 98.7 Å². The monoisotopic (exact) mass is 400 g/mol. The number of hydrogen-bond donors (Lipinski definition) is 2. The Morgan fingerprint density at radius 3 is 2.75 bits per heavy atom. The van der Waals surface area contributed by atoms with Gasteiger partial charge in [-0.25, -0.2) is 9.50 Å². The van der Waals surface area contributed by atoms with Crippen LogP contribution in [0.4, 0.5) is 5.82 Å². The van der Waals surface area contributed by atoms with Gasteiger partial charge in [-0.3, -0.25) is 0 Å². The summed E-state index contributed by atoms with van der Waals surface area (Å²) in [7, 11) is 0. The quantitative estimate of drug-likeness (QED) is 0.669. The number of halogens is 1. The van der Waals surface area contributed by atoms with Crippen molar-refractivity contribution in [2.45, 2.75) is 0 Å². The fourth-order valence-corrected chi connectivity index (χ4v) is 3.27. The average Bonchev–Trinajstić information content (AvgIpc) is 3.15. The van der Waals surface area contributed by atoms with Crippen molar-refractivity contribution in [3.8, 4) is 22.9 Å². The number of ether oxygens (including phenoxy) is 1. The van der Waals surface area contributed by atoms with Crippen LogP contribution in [0.2, 0.25) is 0 Å². The summed E-state index contributed by atoms with van der Waals surface area (Å²) >= 11 is 0. The van der Waals surface area contributed by atoms with Crippen LogP contribution in [-0.2, 0) is 0 Å². The molecule has 3 aromatic heterocycles. The van der Waals surface area contributed by atoms with Crippen molar-refractivity contribution < 1.29 is 9.84 Å². The summed E-state index contributed by atoms with van der Waals surface area (Å²) in [6.45, 7) is 3.89. The Bertz CT molecular complexity index is 976. The number of aliphatic hydroxyl groups excluding tert-OH is 1. The minimum Gasteiger partial charge on any atom is -0.490 e. The Morgan fingerprint density at radius 1 is 1.25 bits per heavy atom. The standard InChI is InChI=1S/C19H20N6O2.ClH/c20-10-15-12-23-25-13-16(27-8-7-26)9-17(19(15)25)14-1-2-18(22-11-14)24-5-3-21-4-6-24;/h1-2,9,11-13,21,26H,3-8H2;1H. The van der Waals surface area contributed by atoms with Gasteiger partial charge in [0.25, 0.3) is 0 Å². The van der Waals surface area contributed by atoms with Gasteiger partial charge in [-0.1, -0.05) is 0 Å². The SMILES string of the molecule is Cl.N#Cc1cnn2cc(OCCO)cc(-c3ccc(N4CCNCC4)nc3)c12. The highest BCUT2D eigenvalue weighted by molar-refractivity contribution is 5.85. The van der Waals surface area contributed by atoms with E-state index >= 15 is 0 Å². The summed E-state index contributed by atoms with van der Waals surface area (Å²) in [4.78, 5) is 6.87. The third kappa shape index (κ3) is 3.87. The molecule has 1 fully saturated rings. The van der Waals surface area contributed by atoms with Crippen molar-refractivity contribution in [2.24, 2.45) is 0 Å². The number of aliphatic hydroxyl groups is 1. The van der Waals surface area contributed by atoms with Crippen molar-refractivity contribution in [1.29, 1.82) is 5.26 Å². The van der Waals surface area contributed by atoms with Crippen LogP contribution in [0.5, 0.6) is 5.75 Å². The molecule has 4 heterocycles. The first-order valence-corrected chi connectivity index (χ1v) is 8.87. The minimum absolute atomic E-state index is 0. The first kappa shape index (κ1) is 19.9. The second-order valence-corrected chi connectivity index (χ2v) is 6.27. The summed E-state index contributed by atoms with van der Waals surface area (Å²) in [5.41, 5.74) is 2.90. The molecule has 0 aliphatic carbocycles. The van der Waals surface area contributed by atoms with Crippen LogP contribution in [0.1, 0.15) is 5.56 Å². The lowest BCUT2D eigenvalue weighted by atomic mass is 10.1. The van der Waals surface area contributed by atoms with Crippen LogP contribution < -0.4 is 15.0 Å². The number of nitrogens with one attached hydrogen (secondary N) is 1. The Hall–Kier alpha value is -2.86. The van der Waals surface area contributed by atoms with Gasteiger partial charge in [-0.2, -0.15) is 10.4 Å². The summed E-state index contributed by atoms with van der Waals surface area (Å²) < 4.78 is 7.19. The smallest absolute Gasteiger partial charge is 0.138 e. The van der Waals surface area contributed by atoms with Gasteiger partial charge >= 0.3 is 0 Å². The Morgan fingerprint density at radius 2 is 2.07 bits per heavy atom. The molecule has 0 saturated carbocycles. The lowest BCUT2D eigenvalue weighted by Crippen LogP contribution is -2.43. The van der Waals surface area contributed by atoms with Gasteiger partial charge in [0.2, 0.25) is 0 Å². The molecule has 0 unspecified atom stereocenters. The van der Waals surface area contributed by atoms with E-state index in [-0.39, 0.29) is 25.6 Å². The molecule has 8 nitrogen and oxygen atoms in total. The number of piperazine rings is 1. The Balaban J connectivity index is 0.00000225. The fourth-order valence-electron chi connectivity index (χ4n) is 3.27. The zero-order valence-electron chi connectivity index (χ0n) is 15.2. The van der Waals surface area contributed by atoms with E-state index in [1.807, 2.05) is 24.4 Å². The highest BCUT2D eigenvalue weighted by Gasteiger charge is 2.15. The third-order valence-electron chi connectivity index (χ3n) is 4.57. The molecule has 0 amide bonds. The van der Waals surface area contributed by atoms with Crippen molar-refractivity contribution in [2.75, 3.05) is 44.3 Å². The summed E-state index contributed by atoms with van der Waals surface area (Å²) in [5, 5.41) is 26.0. The average molecular weight is 401 g/mol. The summed E-state index contributed by atoms with van der Waals surface area (Å²) in [6.07, 6.45) is 5.06. The van der Waals surface area contributed by atoms with Crippen LogP contribution in [-0.4, -0.2) is 59.1 Å². The first-order valence-electron chi connectivity index (χ1n) is 8.87. The number of fused-ring (bicyclic) bond motifs is 1. The van der Waals surface area contributed by atoms with Gasteiger partial charge in [0.15, 0.2) is 0 Å². The largest absolute Gasteiger partial charge is 0.490 e. The molecule has 0 atom stereocenters. The van der Waals surface area contributed by atoms with E-state index in [4.69, 9.17) is 9.84 Å². The van der Waals surface area contributed by atoms with Gasteiger partial charge < -0.3 is 20.1 Å². The number of aromatic nitrogens is 3.